The van der Waals surface area contributed by atoms with Crippen LogP contribution in [0.5, 0.6) is 0 Å². The average molecular weight is 509 g/mol. The minimum atomic E-state index is -0.174. The maximum atomic E-state index is 9.98. The van der Waals surface area contributed by atoms with Crippen LogP contribution in [0.2, 0.25) is 0 Å². The predicted octanol–water partition coefficient (Wildman–Crippen LogP) is 5.59. The Kier molecular flexibility index (Phi) is 10.4. The van der Waals surface area contributed by atoms with Crippen molar-refractivity contribution in [1.82, 2.24) is 0 Å². The van der Waals surface area contributed by atoms with Gasteiger partial charge in [-0.15, -0.1) is 0 Å². The molecule has 6 nitrogen and oxygen atoms in total. The van der Waals surface area contributed by atoms with E-state index in [1.165, 1.54) is 12.8 Å². The summed E-state index contributed by atoms with van der Waals surface area (Å²) in [5.74, 6) is 0. The lowest BCUT2D eigenvalue weighted by Gasteiger charge is -2.39. The van der Waals surface area contributed by atoms with Crippen LogP contribution in [0, 0.1) is 0 Å². The first kappa shape index (κ1) is 27.3. The Morgan fingerprint density at radius 2 is 0.583 bits per heavy atom. The molecule has 0 aromatic carbocycles. The van der Waals surface area contributed by atoms with Gasteiger partial charge in [-0.25, -0.2) is 0 Å². The molecular formula is C30H52O6. The van der Waals surface area contributed by atoms with Crippen LogP contribution >= 0.6 is 0 Å². The fourth-order valence-corrected chi connectivity index (χ4v) is 7.58. The third kappa shape index (κ3) is 8.38. The summed E-state index contributed by atoms with van der Waals surface area (Å²) in [6, 6.07) is 0. The molecule has 5 fully saturated rings. The van der Waals surface area contributed by atoms with Gasteiger partial charge in [-0.2, -0.15) is 0 Å². The summed E-state index contributed by atoms with van der Waals surface area (Å²) in [4.78, 5) is 0. The van der Waals surface area contributed by atoms with Crippen LogP contribution in [0.25, 0.3) is 0 Å². The summed E-state index contributed by atoms with van der Waals surface area (Å²) in [6.45, 7) is 0. The van der Waals surface area contributed by atoms with Crippen molar-refractivity contribution in [2.45, 2.75) is 189 Å². The lowest BCUT2D eigenvalue weighted by Crippen LogP contribution is -2.39. The first-order valence-electron chi connectivity index (χ1n) is 15.6. The summed E-state index contributed by atoms with van der Waals surface area (Å²) in [5.41, 5.74) is 0. The van der Waals surface area contributed by atoms with E-state index in [9.17, 15) is 10.2 Å². The Labute approximate surface area is 218 Å². The molecule has 8 unspecified atom stereocenters. The van der Waals surface area contributed by atoms with Gasteiger partial charge in [0.25, 0.3) is 0 Å². The second-order valence-corrected chi connectivity index (χ2v) is 12.6. The monoisotopic (exact) mass is 508 g/mol. The van der Waals surface area contributed by atoms with E-state index in [1.807, 2.05) is 0 Å². The summed E-state index contributed by atoms with van der Waals surface area (Å²) in [5, 5.41) is 19.9. The Hall–Kier alpha value is -0.240. The fourth-order valence-electron chi connectivity index (χ4n) is 7.58. The summed E-state index contributed by atoms with van der Waals surface area (Å²) in [7, 11) is 0. The highest BCUT2D eigenvalue weighted by atomic mass is 16.5. The Morgan fingerprint density at radius 1 is 0.306 bits per heavy atom. The molecule has 0 aromatic heterocycles. The normalized spacial score (nSPS) is 44.8. The third-order valence-corrected chi connectivity index (χ3v) is 9.51. The molecule has 0 spiro atoms. The zero-order valence-corrected chi connectivity index (χ0v) is 22.4. The average Bonchev–Trinajstić information content (AvgIpc) is 2.86. The van der Waals surface area contributed by atoms with Crippen LogP contribution < -0.4 is 0 Å². The second-order valence-electron chi connectivity index (χ2n) is 12.6. The first-order chi connectivity index (χ1) is 17.6. The molecule has 0 aromatic rings. The van der Waals surface area contributed by atoms with E-state index in [0.29, 0.717) is 36.6 Å². The summed E-state index contributed by atoms with van der Waals surface area (Å²) >= 11 is 0. The van der Waals surface area contributed by atoms with E-state index >= 15 is 0 Å². The van der Waals surface area contributed by atoms with E-state index < -0.39 is 0 Å². The van der Waals surface area contributed by atoms with Gasteiger partial charge in [-0.1, -0.05) is 0 Å². The lowest BCUT2D eigenvalue weighted by atomic mass is 9.90. The van der Waals surface area contributed by atoms with Gasteiger partial charge in [0.05, 0.1) is 61.0 Å². The van der Waals surface area contributed by atoms with Crippen molar-refractivity contribution in [2.24, 2.45) is 0 Å². The van der Waals surface area contributed by atoms with E-state index in [4.69, 9.17) is 18.9 Å². The standard InChI is InChI=1S/C30H52O6/c31-21-5-1-7-25(17-21)33-23-13-15-24(16-14-23)34-27-9-3-11-29(19-27)36-30-12-4-10-28(20-30)35-26-8-2-6-22(32)18-26/h21-32H,1-20H2. The van der Waals surface area contributed by atoms with Crippen LogP contribution in [0.3, 0.4) is 0 Å². The summed E-state index contributed by atoms with van der Waals surface area (Å²) in [6.07, 6.45) is 23.4. The highest BCUT2D eigenvalue weighted by Crippen LogP contribution is 2.34. The first-order valence-corrected chi connectivity index (χ1v) is 15.6. The molecule has 5 rings (SSSR count). The molecule has 5 aliphatic carbocycles. The largest absolute Gasteiger partial charge is 0.393 e. The predicted molar refractivity (Wildman–Crippen MR) is 139 cm³/mol. The Morgan fingerprint density at radius 3 is 0.917 bits per heavy atom. The minimum absolute atomic E-state index is 0.164. The van der Waals surface area contributed by atoms with Crippen molar-refractivity contribution in [2.75, 3.05) is 0 Å². The van der Waals surface area contributed by atoms with Gasteiger partial charge in [-0.05, 0) is 128 Å². The van der Waals surface area contributed by atoms with Crippen LogP contribution in [-0.4, -0.2) is 71.3 Å². The molecule has 0 aliphatic heterocycles. The molecular weight excluding hydrogens is 456 g/mol. The van der Waals surface area contributed by atoms with Gasteiger partial charge in [0.15, 0.2) is 0 Å². The molecule has 0 saturated heterocycles. The number of hydrogen-bond acceptors (Lipinski definition) is 6. The molecule has 0 radical (unpaired) electrons. The number of ether oxygens (including phenoxy) is 4. The molecule has 0 bridgehead atoms. The molecule has 2 N–H and O–H groups in total. The van der Waals surface area contributed by atoms with E-state index in [0.717, 1.165) is 116 Å². The number of rotatable bonds is 8. The van der Waals surface area contributed by atoms with Crippen LogP contribution in [-0.2, 0) is 18.9 Å². The molecule has 6 heteroatoms. The van der Waals surface area contributed by atoms with E-state index in [2.05, 4.69) is 0 Å². The lowest BCUT2D eigenvalue weighted by molar-refractivity contribution is -0.135. The topological polar surface area (TPSA) is 77.4 Å². The van der Waals surface area contributed by atoms with Crippen molar-refractivity contribution >= 4 is 0 Å². The molecule has 208 valence electrons. The zero-order chi connectivity index (χ0) is 24.7. The second kappa shape index (κ2) is 13.7. The van der Waals surface area contributed by atoms with Crippen molar-refractivity contribution in [3.8, 4) is 0 Å². The number of aliphatic hydroxyl groups is 2. The SMILES string of the molecule is OC1CCCC(OC2CCC(OC3CCCC(OC4CCCC(OC5CCCC(O)C5)C4)C3)CC2)C1. The third-order valence-electron chi connectivity index (χ3n) is 9.51. The highest BCUT2D eigenvalue weighted by Gasteiger charge is 2.33. The zero-order valence-electron chi connectivity index (χ0n) is 22.4. The van der Waals surface area contributed by atoms with E-state index in [-0.39, 0.29) is 24.4 Å². The molecule has 36 heavy (non-hydrogen) atoms. The molecule has 0 heterocycles. The Bertz CT molecular complexity index is 637. The Balaban J connectivity index is 0.993. The molecule has 5 saturated carbocycles. The smallest absolute Gasteiger partial charge is 0.0603 e. The van der Waals surface area contributed by atoms with Crippen molar-refractivity contribution in [1.29, 1.82) is 0 Å². The fraction of sp³-hybridized carbons (Fsp3) is 1.00. The van der Waals surface area contributed by atoms with Crippen molar-refractivity contribution in [3.05, 3.63) is 0 Å². The van der Waals surface area contributed by atoms with Crippen molar-refractivity contribution in [3.63, 3.8) is 0 Å². The highest BCUT2D eigenvalue weighted by molar-refractivity contribution is 4.83. The van der Waals surface area contributed by atoms with Crippen LogP contribution in [0.1, 0.15) is 128 Å². The maximum absolute atomic E-state index is 9.98. The van der Waals surface area contributed by atoms with E-state index in [1.54, 1.807) is 0 Å². The summed E-state index contributed by atoms with van der Waals surface area (Å²) < 4.78 is 26.0. The minimum Gasteiger partial charge on any atom is -0.393 e. The van der Waals surface area contributed by atoms with Gasteiger partial charge < -0.3 is 29.2 Å². The molecule has 8 atom stereocenters. The number of aliphatic hydroxyl groups excluding tert-OH is 2. The van der Waals surface area contributed by atoms with Gasteiger partial charge >= 0.3 is 0 Å². The van der Waals surface area contributed by atoms with Gasteiger partial charge in [0.1, 0.15) is 0 Å². The van der Waals surface area contributed by atoms with Gasteiger partial charge in [-0.3, -0.25) is 0 Å². The van der Waals surface area contributed by atoms with Crippen LogP contribution in [0.15, 0.2) is 0 Å². The van der Waals surface area contributed by atoms with Crippen molar-refractivity contribution < 1.29 is 29.2 Å². The van der Waals surface area contributed by atoms with Gasteiger partial charge in [0, 0.05) is 0 Å². The van der Waals surface area contributed by atoms with Crippen LogP contribution in [0.4, 0.5) is 0 Å². The molecule has 0 amide bonds. The molecule has 5 aliphatic rings. The van der Waals surface area contributed by atoms with Gasteiger partial charge in [0.2, 0.25) is 0 Å². The quantitative estimate of drug-likeness (QED) is 0.445. The maximum Gasteiger partial charge on any atom is 0.0603 e. The number of hydrogen-bond donors (Lipinski definition) is 2.